The molecule has 0 radical (unpaired) electrons. The number of aliphatic hydroxyl groups excluding tert-OH is 1. The fourth-order valence-electron chi connectivity index (χ4n) is 6.37. The van der Waals surface area contributed by atoms with E-state index >= 15 is 0 Å². The van der Waals surface area contributed by atoms with Crippen LogP contribution in [0.4, 0.5) is 0 Å². The third-order valence-corrected chi connectivity index (χ3v) is 11.0. The molecular formula is C42H58O10Si. The molecule has 1 N–H and O–H groups in total. The SMILES string of the molecule is C=CCO[C@@H]1O[C@@H](C)[C@H](OCc2ccccc2)[C@@H](O[C@@H]2O[C@@H](C)[C@H](OCc3ccccc3)[C@@H](OCOCC[Si](C)(C)C)[C@H]2O)[C@H]1OCc1ccccc1. The molecule has 53 heavy (non-hydrogen) atoms. The van der Waals surface area contributed by atoms with Gasteiger partial charge in [0.15, 0.2) is 12.6 Å². The molecule has 0 amide bonds. The standard InChI is InChI=1S/C42H58O10Si/c1-7-23-45-42-40(48-28-34-21-15-10-16-22-34)39(37(31(3)51-42)47-27-33-19-13-9-14-20-33)52-41-35(43)38(49-29-44-24-25-53(4,5)6)36(30(2)50-41)46-26-32-17-11-8-12-18-32/h7-22,30-31,35-43H,1,23-29H2,2-6H3/t30-,31-,35+,36-,37-,38-,39+,40+,41-,42+/m0/s1. The summed E-state index contributed by atoms with van der Waals surface area (Å²) in [4.78, 5) is 0. The summed E-state index contributed by atoms with van der Waals surface area (Å²) in [5.74, 6) is 0. The second-order valence-corrected chi connectivity index (χ2v) is 20.5. The Bertz CT molecular complexity index is 1460. The van der Waals surface area contributed by atoms with Crippen molar-refractivity contribution in [1.82, 2.24) is 0 Å². The highest BCUT2D eigenvalue weighted by molar-refractivity contribution is 6.76. The predicted octanol–water partition coefficient (Wildman–Crippen LogP) is 6.88. The molecule has 0 aromatic heterocycles. The van der Waals surface area contributed by atoms with Crippen molar-refractivity contribution in [2.24, 2.45) is 0 Å². The van der Waals surface area contributed by atoms with E-state index in [1.807, 2.05) is 105 Å². The third-order valence-electron chi connectivity index (χ3n) is 9.34. The van der Waals surface area contributed by atoms with Crippen molar-refractivity contribution < 1.29 is 47.7 Å². The molecule has 10 nitrogen and oxygen atoms in total. The zero-order valence-electron chi connectivity index (χ0n) is 31.8. The van der Waals surface area contributed by atoms with Crippen LogP contribution in [-0.2, 0) is 62.5 Å². The van der Waals surface area contributed by atoms with Gasteiger partial charge in [0.1, 0.15) is 43.4 Å². The van der Waals surface area contributed by atoms with E-state index in [9.17, 15) is 5.11 Å². The molecule has 3 aromatic rings. The Balaban J connectivity index is 1.40. The predicted molar refractivity (Wildman–Crippen MR) is 205 cm³/mol. The van der Waals surface area contributed by atoms with Gasteiger partial charge in [-0.15, -0.1) is 6.58 Å². The van der Waals surface area contributed by atoms with Gasteiger partial charge in [-0.1, -0.05) is 117 Å². The van der Waals surface area contributed by atoms with Crippen LogP contribution >= 0.6 is 0 Å². The van der Waals surface area contributed by atoms with Gasteiger partial charge >= 0.3 is 0 Å². The van der Waals surface area contributed by atoms with E-state index in [1.165, 1.54) is 0 Å². The van der Waals surface area contributed by atoms with E-state index in [2.05, 4.69) is 26.2 Å². The van der Waals surface area contributed by atoms with Crippen LogP contribution in [0.25, 0.3) is 0 Å². The highest BCUT2D eigenvalue weighted by Gasteiger charge is 2.52. The maximum absolute atomic E-state index is 12.0. The Labute approximate surface area is 316 Å². The van der Waals surface area contributed by atoms with Crippen molar-refractivity contribution in [1.29, 1.82) is 0 Å². The lowest BCUT2D eigenvalue weighted by molar-refractivity contribution is -0.369. The fraction of sp³-hybridized carbons (Fsp3) is 0.524. The van der Waals surface area contributed by atoms with E-state index in [-0.39, 0.29) is 20.0 Å². The molecule has 0 spiro atoms. The molecule has 3 aromatic carbocycles. The smallest absolute Gasteiger partial charge is 0.187 e. The van der Waals surface area contributed by atoms with E-state index < -0.39 is 69.5 Å². The molecule has 0 bridgehead atoms. The summed E-state index contributed by atoms with van der Waals surface area (Å²) in [5.41, 5.74) is 2.96. The van der Waals surface area contributed by atoms with Crippen LogP contribution in [0.3, 0.4) is 0 Å². The molecule has 2 fully saturated rings. The van der Waals surface area contributed by atoms with Crippen LogP contribution in [-0.4, -0.2) is 94.6 Å². The zero-order valence-corrected chi connectivity index (χ0v) is 32.8. The number of hydrogen-bond donors (Lipinski definition) is 1. The zero-order chi connectivity index (χ0) is 37.6. The molecule has 0 unspecified atom stereocenters. The Morgan fingerprint density at radius 1 is 0.623 bits per heavy atom. The summed E-state index contributed by atoms with van der Waals surface area (Å²) in [7, 11) is -1.31. The molecule has 10 atom stereocenters. The van der Waals surface area contributed by atoms with Crippen LogP contribution in [0.1, 0.15) is 30.5 Å². The number of hydrogen-bond acceptors (Lipinski definition) is 10. The van der Waals surface area contributed by atoms with E-state index in [0.717, 1.165) is 22.7 Å². The average Bonchev–Trinajstić information content (AvgIpc) is 3.15. The second-order valence-electron chi connectivity index (χ2n) is 14.9. The van der Waals surface area contributed by atoms with Gasteiger partial charge in [0.25, 0.3) is 0 Å². The van der Waals surface area contributed by atoms with Crippen molar-refractivity contribution in [3.63, 3.8) is 0 Å². The highest BCUT2D eigenvalue weighted by atomic mass is 28.3. The summed E-state index contributed by atoms with van der Waals surface area (Å²) in [6.07, 6.45) is -6.14. The number of rotatable bonds is 20. The molecular weight excluding hydrogens is 693 g/mol. The molecule has 11 heteroatoms. The maximum atomic E-state index is 12.0. The first-order chi connectivity index (χ1) is 25.6. The second kappa shape index (κ2) is 20.8. The Morgan fingerprint density at radius 2 is 1.09 bits per heavy atom. The maximum Gasteiger partial charge on any atom is 0.187 e. The summed E-state index contributed by atoms with van der Waals surface area (Å²) in [6.45, 7) is 16.2. The Kier molecular flexibility index (Phi) is 16.2. The first-order valence-corrected chi connectivity index (χ1v) is 22.4. The first kappa shape index (κ1) is 41.4. The molecule has 2 saturated heterocycles. The van der Waals surface area contributed by atoms with E-state index in [4.69, 9.17) is 42.6 Å². The molecule has 2 aliphatic rings. The lowest BCUT2D eigenvalue weighted by Gasteiger charge is -2.48. The van der Waals surface area contributed by atoms with Crippen LogP contribution < -0.4 is 0 Å². The van der Waals surface area contributed by atoms with E-state index in [0.29, 0.717) is 19.8 Å². The van der Waals surface area contributed by atoms with Gasteiger partial charge in [0.05, 0.1) is 38.6 Å². The van der Waals surface area contributed by atoms with Crippen molar-refractivity contribution in [3.05, 3.63) is 120 Å². The van der Waals surface area contributed by atoms with E-state index in [1.54, 1.807) is 6.08 Å². The van der Waals surface area contributed by atoms with Crippen molar-refractivity contribution in [2.45, 2.75) is 121 Å². The van der Waals surface area contributed by atoms with Crippen molar-refractivity contribution in [3.8, 4) is 0 Å². The molecule has 2 aliphatic heterocycles. The van der Waals surface area contributed by atoms with Gasteiger partial charge in [0, 0.05) is 14.7 Å². The normalized spacial score (nSPS) is 29.2. The summed E-state index contributed by atoms with van der Waals surface area (Å²) in [6, 6.07) is 30.6. The third kappa shape index (κ3) is 12.6. The minimum Gasteiger partial charge on any atom is -0.385 e. The monoisotopic (exact) mass is 750 g/mol. The van der Waals surface area contributed by atoms with Gasteiger partial charge < -0.3 is 47.7 Å². The van der Waals surface area contributed by atoms with Crippen molar-refractivity contribution in [2.75, 3.05) is 20.0 Å². The molecule has 5 rings (SSSR count). The van der Waals surface area contributed by atoms with Gasteiger partial charge in [-0.05, 0) is 36.6 Å². The van der Waals surface area contributed by atoms with Gasteiger partial charge in [-0.3, -0.25) is 0 Å². The number of aliphatic hydroxyl groups is 1. The molecule has 2 heterocycles. The van der Waals surface area contributed by atoms with Crippen LogP contribution in [0.2, 0.25) is 25.7 Å². The Hall–Kier alpha value is -2.78. The number of benzene rings is 3. The summed E-state index contributed by atoms with van der Waals surface area (Å²) < 4.78 is 57.6. The average molecular weight is 751 g/mol. The summed E-state index contributed by atoms with van der Waals surface area (Å²) >= 11 is 0. The molecule has 0 aliphatic carbocycles. The topological polar surface area (TPSA) is 103 Å². The first-order valence-electron chi connectivity index (χ1n) is 18.7. The minimum atomic E-state index is -1.31. The molecule has 0 saturated carbocycles. The lowest BCUT2D eigenvalue weighted by Crippen LogP contribution is -2.64. The van der Waals surface area contributed by atoms with Crippen LogP contribution in [0, 0.1) is 0 Å². The van der Waals surface area contributed by atoms with Gasteiger partial charge in [-0.2, -0.15) is 0 Å². The Morgan fingerprint density at radius 3 is 1.58 bits per heavy atom. The van der Waals surface area contributed by atoms with Crippen LogP contribution in [0.5, 0.6) is 0 Å². The van der Waals surface area contributed by atoms with Crippen LogP contribution in [0.15, 0.2) is 104 Å². The highest BCUT2D eigenvalue weighted by Crippen LogP contribution is 2.35. The summed E-state index contributed by atoms with van der Waals surface area (Å²) in [5, 5.41) is 12.0. The largest absolute Gasteiger partial charge is 0.385 e. The number of ether oxygens (including phenoxy) is 9. The minimum absolute atomic E-state index is 0.00572. The fourth-order valence-corrected chi connectivity index (χ4v) is 7.13. The van der Waals surface area contributed by atoms with Gasteiger partial charge in [0.2, 0.25) is 0 Å². The molecule has 290 valence electrons. The van der Waals surface area contributed by atoms with Gasteiger partial charge in [-0.25, -0.2) is 0 Å². The quantitative estimate of drug-likeness (QED) is 0.0570. The van der Waals surface area contributed by atoms with Crippen molar-refractivity contribution >= 4 is 8.07 Å². The lowest BCUT2D eigenvalue weighted by atomic mass is 9.96.